The monoisotopic (exact) mass is 283 g/mol. The summed E-state index contributed by atoms with van der Waals surface area (Å²) in [5.41, 5.74) is 6.76. The van der Waals surface area contributed by atoms with Crippen molar-refractivity contribution in [1.29, 1.82) is 0 Å². The van der Waals surface area contributed by atoms with Gasteiger partial charge in [-0.15, -0.1) is 0 Å². The highest BCUT2D eigenvalue weighted by molar-refractivity contribution is 9.10. The first-order chi connectivity index (χ1) is 7.61. The Labute approximate surface area is 100 Å². The number of nitrogens with one attached hydrogen (secondary N) is 1. The molecule has 0 amide bonds. The Morgan fingerprint density at radius 2 is 2.19 bits per heavy atom. The van der Waals surface area contributed by atoms with Gasteiger partial charge in [0.2, 0.25) is 0 Å². The van der Waals surface area contributed by atoms with Crippen LogP contribution in [0.5, 0.6) is 11.5 Å². The van der Waals surface area contributed by atoms with Crippen molar-refractivity contribution in [3.8, 4) is 22.8 Å². The van der Waals surface area contributed by atoms with Crippen molar-refractivity contribution in [2.75, 3.05) is 12.8 Å². The van der Waals surface area contributed by atoms with Crippen LogP contribution in [0.2, 0.25) is 0 Å². The molecule has 0 atom stereocenters. The molecule has 0 fully saturated rings. The van der Waals surface area contributed by atoms with Crippen molar-refractivity contribution < 1.29 is 9.84 Å². The quantitative estimate of drug-likeness (QED) is 0.788. The Hall–Kier alpha value is -1.69. The number of phenols is 1. The summed E-state index contributed by atoms with van der Waals surface area (Å²) in [5.74, 6) is 1.04. The van der Waals surface area contributed by atoms with Gasteiger partial charge in [-0.05, 0) is 22.0 Å². The third-order valence-electron chi connectivity index (χ3n) is 2.16. The van der Waals surface area contributed by atoms with Crippen molar-refractivity contribution in [2.24, 2.45) is 0 Å². The number of anilines is 1. The molecule has 0 radical (unpaired) electrons. The topological polar surface area (TPSA) is 84.2 Å². The summed E-state index contributed by atoms with van der Waals surface area (Å²) < 4.78 is 5.81. The van der Waals surface area contributed by atoms with Crippen molar-refractivity contribution in [3.05, 3.63) is 22.7 Å². The number of ether oxygens (including phenoxy) is 1. The van der Waals surface area contributed by atoms with Gasteiger partial charge < -0.3 is 15.6 Å². The third-order valence-corrected chi connectivity index (χ3v) is 2.78. The van der Waals surface area contributed by atoms with Crippen LogP contribution in [0, 0.1) is 0 Å². The third kappa shape index (κ3) is 1.83. The SMILES string of the molecule is COc1cc(O)c(-c2cc(N)n[nH]2)cc1Br. The molecule has 1 aromatic carbocycles. The molecule has 0 aliphatic heterocycles. The van der Waals surface area contributed by atoms with Gasteiger partial charge in [0.1, 0.15) is 17.3 Å². The molecule has 0 unspecified atom stereocenters. The van der Waals surface area contributed by atoms with Crippen molar-refractivity contribution in [3.63, 3.8) is 0 Å². The number of benzene rings is 1. The second-order valence-electron chi connectivity index (χ2n) is 3.21. The summed E-state index contributed by atoms with van der Waals surface area (Å²) in [6.07, 6.45) is 0. The first kappa shape index (κ1) is 10.8. The number of methoxy groups -OCH3 is 1. The lowest BCUT2D eigenvalue weighted by atomic mass is 10.1. The number of aromatic amines is 1. The lowest BCUT2D eigenvalue weighted by Crippen LogP contribution is -1.86. The maximum atomic E-state index is 9.82. The molecule has 0 aliphatic carbocycles. The Balaban J connectivity index is 2.54. The molecular weight excluding hydrogens is 274 g/mol. The van der Waals surface area contributed by atoms with Crippen LogP contribution in [0.1, 0.15) is 0 Å². The highest BCUT2D eigenvalue weighted by Gasteiger charge is 2.11. The fourth-order valence-corrected chi connectivity index (χ4v) is 1.90. The molecule has 2 aromatic rings. The Morgan fingerprint density at radius 1 is 1.44 bits per heavy atom. The van der Waals surface area contributed by atoms with Gasteiger partial charge in [-0.25, -0.2) is 0 Å². The van der Waals surface area contributed by atoms with Crippen molar-refractivity contribution in [2.45, 2.75) is 0 Å². The molecule has 0 spiro atoms. The minimum absolute atomic E-state index is 0.101. The van der Waals surface area contributed by atoms with Crippen molar-refractivity contribution in [1.82, 2.24) is 10.2 Å². The van der Waals surface area contributed by atoms with Gasteiger partial charge in [0, 0.05) is 17.7 Å². The molecular formula is C10H10BrN3O2. The number of aromatic hydroxyl groups is 1. The number of halogens is 1. The lowest BCUT2D eigenvalue weighted by molar-refractivity contribution is 0.405. The highest BCUT2D eigenvalue weighted by Crippen LogP contribution is 2.37. The minimum Gasteiger partial charge on any atom is -0.507 e. The fraction of sp³-hybridized carbons (Fsp3) is 0.100. The summed E-state index contributed by atoms with van der Waals surface area (Å²) in [5, 5.41) is 16.4. The van der Waals surface area contributed by atoms with E-state index in [-0.39, 0.29) is 5.75 Å². The van der Waals surface area contributed by atoms with E-state index in [9.17, 15) is 5.11 Å². The second kappa shape index (κ2) is 4.05. The largest absolute Gasteiger partial charge is 0.507 e. The van der Waals surface area contributed by atoms with E-state index in [2.05, 4.69) is 26.1 Å². The zero-order chi connectivity index (χ0) is 11.7. The van der Waals surface area contributed by atoms with Crippen LogP contribution in [0.3, 0.4) is 0 Å². The molecule has 16 heavy (non-hydrogen) atoms. The molecule has 4 N–H and O–H groups in total. The van der Waals surface area contributed by atoms with Crippen LogP contribution in [-0.2, 0) is 0 Å². The van der Waals surface area contributed by atoms with E-state index in [1.165, 1.54) is 13.2 Å². The first-order valence-electron chi connectivity index (χ1n) is 4.49. The number of rotatable bonds is 2. The number of nitrogen functional groups attached to an aromatic ring is 1. The summed E-state index contributed by atoms with van der Waals surface area (Å²) in [6, 6.07) is 4.91. The van der Waals surface area contributed by atoms with Crippen molar-refractivity contribution >= 4 is 21.7 Å². The Bertz CT molecular complexity index is 525. The fourth-order valence-electron chi connectivity index (χ4n) is 1.39. The number of H-pyrrole nitrogens is 1. The summed E-state index contributed by atoms with van der Waals surface area (Å²) in [4.78, 5) is 0. The van der Waals surface area contributed by atoms with Gasteiger partial charge >= 0.3 is 0 Å². The average molecular weight is 284 g/mol. The van der Waals surface area contributed by atoms with Crippen LogP contribution in [0.15, 0.2) is 22.7 Å². The predicted molar refractivity (Wildman–Crippen MR) is 64.4 cm³/mol. The van der Waals surface area contributed by atoms with E-state index in [1.54, 1.807) is 12.1 Å². The average Bonchev–Trinajstić information content (AvgIpc) is 2.67. The number of aromatic nitrogens is 2. The minimum atomic E-state index is 0.101. The van der Waals surface area contributed by atoms with Gasteiger partial charge in [-0.1, -0.05) is 0 Å². The Kier molecular flexibility index (Phi) is 2.74. The van der Waals surface area contributed by atoms with E-state index in [0.29, 0.717) is 22.8 Å². The number of hydrogen-bond acceptors (Lipinski definition) is 4. The van der Waals surface area contributed by atoms with Gasteiger partial charge in [0.05, 0.1) is 17.3 Å². The Morgan fingerprint density at radius 3 is 2.75 bits per heavy atom. The highest BCUT2D eigenvalue weighted by atomic mass is 79.9. The second-order valence-corrected chi connectivity index (χ2v) is 4.06. The van der Waals surface area contributed by atoms with Crippen LogP contribution in [-0.4, -0.2) is 22.4 Å². The predicted octanol–water partition coefficient (Wildman–Crippen LogP) is 2.14. The molecule has 0 bridgehead atoms. The van der Waals surface area contributed by atoms with Gasteiger partial charge in [-0.2, -0.15) is 5.10 Å². The van der Waals surface area contributed by atoms with Gasteiger partial charge in [0.15, 0.2) is 0 Å². The molecule has 0 aliphatic rings. The van der Waals surface area contributed by atoms with Crippen LogP contribution < -0.4 is 10.5 Å². The van der Waals surface area contributed by atoms with E-state index < -0.39 is 0 Å². The van der Waals surface area contributed by atoms with Crippen LogP contribution in [0.4, 0.5) is 5.82 Å². The number of nitrogens with zero attached hydrogens (tertiary/aromatic N) is 1. The number of phenolic OH excluding ortho intramolecular Hbond substituents is 1. The summed E-state index contributed by atoms with van der Waals surface area (Å²) >= 11 is 3.34. The molecule has 0 saturated carbocycles. The summed E-state index contributed by atoms with van der Waals surface area (Å²) in [7, 11) is 1.54. The van der Waals surface area contributed by atoms with E-state index in [1.807, 2.05) is 0 Å². The number of hydrogen-bond donors (Lipinski definition) is 3. The van der Waals surface area contributed by atoms with Crippen LogP contribution >= 0.6 is 15.9 Å². The smallest absolute Gasteiger partial charge is 0.145 e. The molecule has 1 aromatic heterocycles. The molecule has 6 heteroatoms. The van der Waals surface area contributed by atoms with Gasteiger partial charge in [-0.3, -0.25) is 5.10 Å². The van der Waals surface area contributed by atoms with E-state index in [0.717, 1.165) is 4.47 Å². The zero-order valence-corrected chi connectivity index (χ0v) is 10.1. The normalized spacial score (nSPS) is 10.4. The molecule has 84 valence electrons. The maximum Gasteiger partial charge on any atom is 0.145 e. The zero-order valence-electron chi connectivity index (χ0n) is 8.49. The van der Waals surface area contributed by atoms with Crippen LogP contribution in [0.25, 0.3) is 11.3 Å². The van der Waals surface area contributed by atoms with E-state index in [4.69, 9.17) is 10.5 Å². The maximum absolute atomic E-state index is 9.82. The molecule has 1 heterocycles. The molecule has 2 rings (SSSR count). The molecule has 0 saturated heterocycles. The van der Waals surface area contributed by atoms with Gasteiger partial charge in [0.25, 0.3) is 0 Å². The van der Waals surface area contributed by atoms with E-state index >= 15 is 0 Å². The molecule has 5 nitrogen and oxygen atoms in total. The standard InChI is InChI=1S/C10H10BrN3O2/c1-16-9-4-8(15)5(2-6(9)11)7-3-10(12)14-13-7/h2-4,15H,1H3,(H3,12,13,14). The number of nitrogens with two attached hydrogens (primary N) is 1. The lowest BCUT2D eigenvalue weighted by Gasteiger charge is -2.07. The first-order valence-corrected chi connectivity index (χ1v) is 5.29. The summed E-state index contributed by atoms with van der Waals surface area (Å²) in [6.45, 7) is 0.